The number of halogens is 1. The lowest BCUT2D eigenvalue weighted by Crippen LogP contribution is -2.03. The third kappa shape index (κ3) is 3.30. The highest BCUT2D eigenvalue weighted by atomic mass is 35.5. The smallest absolute Gasteiger partial charge is 0.204 e. The number of fused-ring (bicyclic) bond motifs is 2. The Morgan fingerprint density at radius 2 is 1.89 bits per heavy atom. The summed E-state index contributed by atoms with van der Waals surface area (Å²) in [5.74, 6) is -0.513. The van der Waals surface area contributed by atoms with Gasteiger partial charge in [-0.25, -0.2) is 0 Å². The van der Waals surface area contributed by atoms with Gasteiger partial charge in [-0.15, -0.1) is 0 Å². The van der Waals surface area contributed by atoms with Crippen molar-refractivity contribution < 1.29 is 14.6 Å². The molecule has 3 aromatic carbocycles. The Morgan fingerprint density at radius 1 is 1.04 bits per heavy atom. The van der Waals surface area contributed by atoms with E-state index < -0.39 is 0 Å². The summed E-state index contributed by atoms with van der Waals surface area (Å²) in [5, 5.41) is 24.6. The zero-order valence-electron chi connectivity index (χ0n) is 13.8. The highest BCUT2D eigenvalue weighted by Gasteiger charge is 2.13. The molecule has 134 valence electrons. The predicted octanol–water partition coefficient (Wildman–Crippen LogP) is 4.46. The summed E-state index contributed by atoms with van der Waals surface area (Å²) in [7, 11) is 0. The maximum absolute atomic E-state index is 12.7. The summed E-state index contributed by atoms with van der Waals surface area (Å²) in [4.78, 5) is 12.7. The summed E-state index contributed by atoms with van der Waals surface area (Å²) in [6.07, 6.45) is 1.56. The fraction of sp³-hybridized carbons (Fsp3) is 0. The van der Waals surface area contributed by atoms with E-state index in [1.807, 2.05) is 6.07 Å². The molecule has 27 heavy (non-hydrogen) atoms. The molecule has 0 radical (unpaired) electrons. The Labute approximate surface area is 157 Å². The number of rotatable bonds is 3. The molecule has 0 aliphatic rings. The second-order valence-corrected chi connectivity index (χ2v) is 6.34. The zero-order valence-corrected chi connectivity index (χ0v) is 14.6. The highest BCUT2D eigenvalue weighted by Crippen LogP contribution is 2.29. The van der Waals surface area contributed by atoms with E-state index in [1.54, 1.807) is 42.6 Å². The summed E-state index contributed by atoms with van der Waals surface area (Å²) in [6.45, 7) is 0. The van der Waals surface area contributed by atoms with E-state index in [2.05, 4.69) is 10.5 Å². The predicted molar refractivity (Wildman–Crippen MR) is 106 cm³/mol. The molecular formula is C20H13ClN2O4. The van der Waals surface area contributed by atoms with Gasteiger partial charge in [0.05, 0.1) is 17.3 Å². The van der Waals surface area contributed by atoms with Gasteiger partial charge in [-0.05, 0) is 42.0 Å². The number of nitrogens with zero attached hydrogens (tertiary/aromatic N) is 1. The summed E-state index contributed by atoms with van der Waals surface area (Å²) >= 11 is 5.92. The van der Waals surface area contributed by atoms with E-state index in [4.69, 9.17) is 16.0 Å². The fourth-order valence-electron chi connectivity index (χ4n) is 2.78. The molecule has 0 saturated carbocycles. The first kappa shape index (κ1) is 16.9. The van der Waals surface area contributed by atoms with Crippen molar-refractivity contribution in [2.75, 3.05) is 5.43 Å². The summed E-state index contributed by atoms with van der Waals surface area (Å²) < 4.78 is 5.64. The number of benzene rings is 3. The average Bonchev–Trinajstić information content (AvgIpc) is 2.62. The van der Waals surface area contributed by atoms with Crippen molar-refractivity contribution in [2.45, 2.75) is 0 Å². The Kier molecular flexibility index (Phi) is 4.18. The van der Waals surface area contributed by atoms with E-state index in [1.165, 1.54) is 6.07 Å². The van der Waals surface area contributed by atoms with Gasteiger partial charge in [0.25, 0.3) is 0 Å². The van der Waals surface area contributed by atoms with Crippen molar-refractivity contribution >= 4 is 45.4 Å². The molecule has 0 bridgehead atoms. The largest absolute Gasteiger partial charge is 0.508 e. The van der Waals surface area contributed by atoms with Gasteiger partial charge in [0.15, 0.2) is 0 Å². The Hall–Kier alpha value is -3.51. The minimum Gasteiger partial charge on any atom is -0.508 e. The van der Waals surface area contributed by atoms with E-state index in [9.17, 15) is 15.0 Å². The number of hydrogen-bond acceptors (Lipinski definition) is 6. The van der Waals surface area contributed by atoms with Crippen LogP contribution in [0.15, 0.2) is 68.9 Å². The summed E-state index contributed by atoms with van der Waals surface area (Å²) in [5.41, 5.74) is 4.33. The molecule has 0 amide bonds. The maximum atomic E-state index is 12.7. The molecule has 0 aliphatic heterocycles. The lowest BCUT2D eigenvalue weighted by atomic mass is 10.1. The molecule has 0 unspecified atom stereocenters. The number of aromatic hydroxyl groups is 2. The second-order valence-electron chi connectivity index (χ2n) is 5.91. The molecule has 6 nitrogen and oxygen atoms in total. The Balaban J connectivity index is 1.73. The second kappa shape index (κ2) is 6.66. The number of phenols is 2. The minimum absolute atomic E-state index is 0.0199. The molecule has 0 atom stereocenters. The first-order valence-corrected chi connectivity index (χ1v) is 8.36. The maximum Gasteiger partial charge on any atom is 0.204 e. The van der Waals surface area contributed by atoms with Gasteiger partial charge >= 0.3 is 0 Å². The number of anilines is 1. The molecule has 0 spiro atoms. The molecule has 4 rings (SSSR count). The first-order valence-electron chi connectivity index (χ1n) is 7.98. The average molecular weight is 381 g/mol. The molecular weight excluding hydrogens is 368 g/mol. The third-order valence-corrected chi connectivity index (χ3v) is 4.23. The third-order valence-electron chi connectivity index (χ3n) is 3.99. The topological polar surface area (TPSA) is 95.1 Å². The van der Waals surface area contributed by atoms with Crippen molar-refractivity contribution in [1.29, 1.82) is 0 Å². The summed E-state index contributed by atoms with van der Waals surface area (Å²) in [6, 6.07) is 14.5. The fourth-order valence-corrected chi connectivity index (χ4v) is 2.97. The van der Waals surface area contributed by atoms with Crippen LogP contribution in [0.25, 0.3) is 21.9 Å². The van der Waals surface area contributed by atoms with Crippen molar-refractivity contribution in [3.8, 4) is 11.5 Å². The lowest BCUT2D eigenvalue weighted by molar-refractivity contribution is 0.453. The lowest BCUT2D eigenvalue weighted by Gasteiger charge is -2.05. The van der Waals surface area contributed by atoms with Crippen LogP contribution >= 0.6 is 11.6 Å². The minimum atomic E-state index is -0.387. The van der Waals surface area contributed by atoms with Crippen LogP contribution in [0, 0.1) is 0 Å². The van der Waals surface area contributed by atoms with Gasteiger partial charge in [0.1, 0.15) is 28.1 Å². The van der Waals surface area contributed by atoms with Crippen LogP contribution in [0.1, 0.15) is 5.56 Å². The van der Waals surface area contributed by atoms with Crippen LogP contribution in [0.2, 0.25) is 5.02 Å². The molecule has 4 aromatic rings. The standard InChI is InChI=1S/C20H13ClN2O4/c21-12-2-1-3-13(7-12)23-22-10-11-4-5-17-15(6-11)20(26)19-16(25)8-14(24)9-18(19)27-17/h1-10,23-25H/b22-10+. The molecule has 1 heterocycles. The Morgan fingerprint density at radius 3 is 2.70 bits per heavy atom. The molecule has 0 fully saturated rings. The van der Waals surface area contributed by atoms with Crippen LogP contribution in [0.3, 0.4) is 0 Å². The van der Waals surface area contributed by atoms with Crippen LogP contribution in [-0.2, 0) is 0 Å². The quantitative estimate of drug-likeness (QED) is 0.277. The van der Waals surface area contributed by atoms with Crippen molar-refractivity contribution in [3.05, 3.63) is 75.4 Å². The van der Waals surface area contributed by atoms with E-state index >= 15 is 0 Å². The molecule has 0 saturated heterocycles. The van der Waals surface area contributed by atoms with Gasteiger partial charge in [-0.3, -0.25) is 10.2 Å². The highest BCUT2D eigenvalue weighted by molar-refractivity contribution is 6.30. The molecule has 3 N–H and O–H groups in total. The van der Waals surface area contributed by atoms with Gasteiger partial charge in [0, 0.05) is 17.2 Å². The van der Waals surface area contributed by atoms with E-state index in [0.29, 0.717) is 21.6 Å². The normalized spacial score (nSPS) is 11.4. The van der Waals surface area contributed by atoms with Gasteiger partial charge in [-0.1, -0.05) is 17.7 Å². The SMILES string of the molecule is O=c1c2cc(/C=N/Nc3cccc(Cl)c3)ccc2oc2cc(O)cc(O)c12. The molecule has 1 aromatic heterocycles. The van der Waals surface area contributed by atoms with Crippen LogP contribution in [0.5, 0.6) is 11.5 Å². The van der Waals surface area contributed by atoms with Gasteiger partial charge < -0.3 is 14.6 Å². The zero-order chi connectivity index (χ0) is 19.0. The monoisotopic (exact) mass is 380 g/mol. The first-order chi connectivity index (χ1) is 13.0. The number of nitrogens with one attached hydrogen (secondary N) is 1. The van der Waals surface area contributed by atoms with Crippen molar-refractivity contribution in [3.63, 3.8) is 0 Å². The molecule has 0 aliphatic carbocycles. The number of phenolic OH excluding ortho intramolecular Hbond substituents is 2. The van der Waals surface area contributed by atoms with Crippen LogP contribution < -0.4 is 10.9 Å². The van der Waals surface area contributed by atoms with Gasteiger partial charge in [0.2, 0.25) is 5.43 Å². The number of hydrogen-bond donors (Lipinski definition) is 3. The van der Waals surface area contributed by atoms with Crippen molar-refractivity contribution in [2.24, 2.45) is 5.10 Å². The van der Waals surface area contributed by atoms with Crippen LogP contribution in [-0.4, -0.2) is 16.4 Å². The van der Waals surface area contributed by atoms with Crippen molar-refractivity contribution in [1.82, 2.24) is 0 Å². The number of hydrazone groups is 1. The van der Waals surface area contributed by atoms with Crippen LogP contribution in [0.4, 0.5) is 5.69 Å². The van der Waals surface area contributed by atoms with E-state index in [-0.39, 0.29) is 27.9 Å². The van der Waals surface area contributed by atoms with E-state index in [0.717, 1.165) is 11.8 Å². The van der Waals surface area contributed by atoms with Gasteiger partial charge in [-0.2, -0.15) is 5.10 Å². The Bertz CT molecular complexity index is 1260. The molecule has 7 heteroatoms.